The van der Waals surface area contributed by atoms with Crippen LogP contribution in [0.15, 0.2) is 0 Å². The quantitative estimate of drug-likeness (QED) is 0.234. The summed E-state index contributed by atoms with van der Waals surface area (Å²) in [5.41, 5.74) is 0. The Bertz CT molecular complexity index is 278. The highest BCUT2D eigenvalue weighted by atomic mass is 16.4. The van der Waals surface area contributed by atoms with Crippen LogP contribution in [0.1, 0.15) is 129 Å². The largest absolute Gasteiger partial charge is 0.481 e. The summed E-state index contributed by atoms with van der Waals surface area (Å²) >= 11 is 0. The number of aliphatic hydroxyl groups excluding tert-OH is 1. The number of carboxylic acids is 1. The number of aliphatic hydroxyl groups is 1. The topological polar surface area (TPSA) is 57.5 Å². The van der Waals surface area contributed by atoms with E-state index in [0.717, 1.165) is 32.1 Å². The van der Waals surface area contributed by atoms with Crippen molar-refractivity contribution in [2.45, 2.75) is 135 Å². The van der Waals surface area contributed by atoms with Crippen LogP contribution in [-0.2, 0) is 4.79 Å². The molecule has 1 atom stereocenters. The first-order valence-corrected chi connectivity index (χ1v) is 11.1. The molecule has 0 aliphatic heterocycles. The predicted octanol–water partition coefficient (Wildman–Crippen LogP) is 6.86. The number of unbranched alkanes of at least 4 members (excludes halogenated alkanes) is 14. The van der Waals surface area contributed by atoms with Crippen molar-refractivity contribution in [3.8, 4) is 0 Å². The molecule has 0 aliphatic rings. The molecule has 3 nitrogen and oxygen atoms in total. The van der Waals surface area contributed by atoms with Crippen molar-refractivity contribution in [3.05, 3.63) is 0 Å². The molecule has 0 fully saturated rings. The van der Waals surface area contributed by atoms with E-state index in [-0.39, 0.29) is 6.10 Å². The zero-order valence-corrected chi connectivity index (χ0v) is 16.8. The summed E-state index contributed by atoms with van der Waals surface area (Å²) in [5.74, 6) is -0.661. The van der Waals surface area contributed by atoms with Gasteiger partial charge in [0.05, 0.1) is 6.10 Å². The Balaban J connectivity index is 3.04. The summed E-state index contributed by atoms with van der Waals surface area (Å²) in [6, 6.07) is 0. The normalized spacial score (nSPS) is 12.4. The third kappa shape index (κ3) is 21.4. The highest BCUT2D eigenvalue weighted by Gasteiger charge is 2.01. The van der Waals surface area contributed by atoms with E-state index >= 15 is 0 Å². The van der Waals surface area contributed by atoms with Crippen LogP contribution in [0, 0.1) is 0 Å². The second-order valence-corrected chi connectivity index (χ2v) is 7.68. The van der Waals surface area contributed by atoms with E-state index in [0.29, 0.717) is 6.42 Å². The van der Waals surface area contributed by atoms with Crippen molar-refractivity contribution in [2.24, 2.45) is 0 Å². The van der Waals surface area contributed by atoms with Crippen molar-refractivity contribution in [2.75, 3.05) is 0 Å². The smallest absolute Gasteiger partial charge is 0.303 e. The lowest BCUT2D eigenvalue weighted by Crippen LogP contribution is -2.04. The van der Waals surface area contributed by atoms with E-state index in [1.165, 1.54) is 83.5 Å². The monoisotopic (exact) mass is 356 g/mol. The minimum atomic E-state index is -0.661. The molecule has 0 heterocycles. The van der Waals surface area contributed by atoms with E-state index in [4.69, 9.17) is 5.11 Å². The van der Waals surface area contributed by atoms with Crippen LogP contribution >= 0.6 is 0 Å². The second-order valence-electron chi connectivity index (χ2n) is 7.68. The zero-order chi connectivity index (χ0) is 18.6. The molecule has 0 aliphatic carbocycles. The molecule has 3 heteroatoms. The number of hydrogen-bond acceptors (Lipinski definition) is 2. The molecule has 0 aromatic carbocycles. The number of aliphatic carboxylic acids is 1. The van der Waals surface area contributed by atoms with Gasteiger partial charge in [0.1, 0.15) is 0 Å². The Kier molecular flexibility index (Phi) is 19.3. The zero-order valence-electron chi connectivity index (χ0n) is 16.8. The second kappa shape index (κ2) is 19.8. The van der Waals surface area contributed by atoms with E-state index < -0.39 is 5.97 Å². The van der Waals surface area contributed by atoms with Crippen molar-refractivity contribution >= 4 is 5.97 Å². The average Bonchev–Trinajstić information content (AvgIpc) is 2.57. The SMILES string of the molecule is CCCC(O)CCCCCCCCCCCCCCCCCC(=O)O. The summed E-state index contributed by atoms with van der Waals surface area (Å²) in [7, 11) is 0. The number of hydrogen-bond donors (Lipinski definition) is 2. The number of carboxylic acid groups (broad SMARTS) is 1. The van der Waals surface area contributed by atoms with Crippen molar-refractivity contribution < 1.29 is 15.0 Å². The fraction of sp³-hybridized carbons (Fsp3) is 0.955. The maximum absolute atomic E-state index is 10.4. The van der Waals surface area contributed by atoms with Crippen LogP contribution < -0.4 is 0 Å². The van der Waals surface area contributed by atoms with Crippen molar-refractivity contribution in [3.63, 3.8) is 0 Å². The molecule has 0 aromatic heterocycles. The Morgan fingerprint density at radius 1 is 0.640 bits per heavy atom. The summed E-state index contributed by atoms with van der Waals surface area (Å²) in [6.07, 6.45) is 22.4. The first kappa shape index (κ1) is 24.4. The molecule has 25 heavy (non-hydrogen) atoms. The Labute approximate surface area is 156 Å². The van der Waals surface area contributed by atoms with Gasteiger partial charge in [-0.25, -0.2) is 0 Å². The first-order chi connectivity index (χ1) is 12.2. The van der Waals surface area contributed by atoms with Gasteiger partial charge in [0.25, 0.3) is 0 Å². The van der Waals surface area contributed by atoms with Gasteiger partial charge in [0.15, 0.2) is 0 Å². The minimum Gasteiger partial charge on any atom is -0.481 e. The maximum atomic E-state index is 10.4. The van der Waals surface area contributed by atoms with Crippen molar-refractivity contribution in [1.29, 1.82) is 0 Å². The average molecular weight is 357 g/mol. The Hall–Kier alpha value is -0.570. The Morgan fingerprint density at radius 2 is 1.00 bits per heavy atom. The van der Waals surface area contributed by atoms with Crippen molar-refractivity contribution in [1.82, 2.24) is 0 Å². The van der Waals surface area contributed by atoms with Gasteiger partial charge in [0, 0.05) is 6.42 Å². The molecule has 0 bridgehead atoms. The maximum Gasteiger partial charge on any atom is 0.303 e. The summed E-state index contributed by atoms with van der Waals surface area (Å²) in [6.45, 7) is 2.13. The molecular weight excluding hydrogens is 312 g/mol. The van der Waals surface area contributed by atoms with Crippen LogP contribution in [-0.4, -0.2) is 22.3 Å². The third-order valence-electron chi connectivity index (χ3n) is 5.05. The van der Waals surface area contributed by atoms with Gasteiger partial charge >= 0.3 is 5.97 Å². The lowest BCUT2D eigenvalue weighted by Gasteiger charge is -2.08. The van der Waals surface area contributed by atoms with Gasteiger partial charge in [-0.1, -0.05) is 103 Å². The fourth-order valence-electron chi connectivity index (χ4n) is 3.43. The lowest BCUT2D eigenvalue weighted by atomic mass is 10.0. The molecule has 0 saturated heterocycles. The van der Waals surface area contributed by atoms with Crippen LogP contribution in [0.5, 0.6) is 0 Å². The summed E-state index contributed by atoms with van der Waals surface area (Å²) < 4.78 is 0. The number of carbonyl (C=O) groups is 1. The van der Waals surface area contributed by atoms with Crippen LogP contribution in [0.3, 0.4) is 0 Å². The molecule has 0 radical (unpaired) electrons. The van der Waals surface area contributed by atoms with E-state index in [1.807, 2.05) is 0 Å². The van der Waals surface area contributed by atoms with Crippen LogP contribution in [0.2, 0.25) is 0 Å². The molecule has 150 valence electrons. The molecule has 1 unspecified atom stereocenters. The number of rotatable bonds is 20. The fourth-order valence-corrected chi connectivity index (χ4v) is 3.43. The summed E-state index contributed by atoms with van der Waals surface area (Å²) in [5, 5.41) is 18.2. The van der Waals surface area contributed by atoms with Gasteiger partial charge in [0.2, 0.25) is 0 Å². The van der Waals surface area contributed by atoms with Crippen LogP contribution in [0.4, 0.5) is 0 Å². The van der Waals surface area contributed by atoms with E-state index in [2.05, 4.69) is 6.92 Å². The predicted molar refractivity (Wildman–Crippen MR) is 107 cm³/mol. The molecule has 0 rings (SSSR count). The molecular formula is C22H44O3. The molecule has 0 saturated carbocycles. The Morgan fingerprint density at radius 3 is 1.36 bits per heavy atom. The first-order valence-electron chi connectivity index (χ1n) is 11.1. The van der Waals surface area contributed by atoms with E-state index in [1.54, 1.807) is 0 Å². The highest BCUT2D eigenvalue weighted by molar-refractivity contribution is 5.66. The molecule has 0 aromatic rings. The van der Waals surface area contributed by atoms with Gasteiger partial charge < -0.3 is 10.2 Å². The van der Waals surface area contributed by atoms with E-state index in [9.17, 15) is 9.90 Å². The molecule has 2 N–H and O–H groups in total. The highest BCUT2D eigenvalue weighted by Crippen LogP contribution is 2.14. The van der Waals surface area contributed by atoms with Gasteiger partial charge in [-0.3, -0.25) is 4.79 Å². The minimum absolute atomic E-state index is 0.0604. The van der Waals surface area contributed by atoms with Crippen LogP contribution in [0.25, 0.3) is 0 Å². The lowest BCUT2D eigenvalue weighted by molar-refractivity contribution is -0.137. The standard InChI is InChI=1S/C22H44O3/c1-2-18-21(23)19-16-14-12-10-8-6-4-3-5-7-9-11-13-15-17-20-22(24)25/h21,23H,2-20H2,1H3,(H,24,25). The van der Waals surface area contributed by atoms with Gasteiger partial charge in [-0.05, 0) is 19.3 Å². The van der Waals surface area contributed by atoms with Gasteiger partial charge in [-0.15, -0.1) is 0 Å². The summed E-state index contributed by atoms with van der Waals surface area (Å²) in [4.78, 5) is 10.4. The molecule has 0 amide bonds. The molecule has 0 spiro atoms. The van der Waals surface area contributed by atoms with Gasteiger partial charge in [-0.2, -0.15) is 0 Å². The third-order valence-corrected chi connectivity index (χ3v) is 5.05.